The highest BCUT2D eigenvalue weighted by atomic mass is 16.5. The Kier molecular flexibility index (Phi) is 7.53. The lowest BCUT2D eigenvalue weighted by Gasteiger charge is -2.45. The highest BCUT2D eigenvalue weighted by Crippen LogP contribution is 2.50. The third-order valence-electron chi connectivity index (χ3n) is 8.22. The molecule has 3 heteroatoms. The molecule has 0 radical (unpaired) electrons. The molecule has 31 heavy (non-hydrogen) atoms. The van der Waals surface area contributed by atoms with Gasteiger partial charge in [-0.2, -0.15) is 0 Å². The normalized spacial score (nSPS) is 33.0. The van der Waals surface area contributed by atoms with Gasteiger partial charge in [0.1, 0.15) is 18.1 Å². The summed E-state index contributed by atoms with van der Waals surface area (Å²) < 4.78 is 11.3. The van der Waals surface area contributed by atoms with Crippen molar-refractivity contribution in [2.75, 3.05) is 6.61 Å². The molecule has 0 N–H and O–H groups in total. The van der Waals surface area contributed by atoms with E-state index < -0.39 is 0 Å². The predicted octanol–water partition coefficient (Wildman–Crippen LogP) is 6.98. The summed E-state index contributed by atoms with van der Waals surface area (Å²) in [6.45, 7) is 8.12. The number of esters is 1. The number of fused-ring (bicyclic) bond motifs is 1. The van der Waals surface area contributed by atoms with Gasteiger partial charge in [-0.05, 0) is 105 Å². The molecule has 4 atom stereocenters. The molecule has 3 aliphatic carbocycles. The summed E-state index contributed by atoms with van der Waals surface area (Å²) in [5.41, 5.74) is 0. The minimum absolute atomic E-state index is 0.0283. The Labute approximate surface area is 187 Å². The van der Waals surface area contributed by atoms with E-state index in [1.165, 1.54) is 51.4 Å². The summed E-state index contributed by atoms with van der Waals surface area (Å²) in [4.78, 5) is 13.1. The molecular formula is C28H38O3. The number of hydrogen-bond acceptors (Lipinski definition) is 3. The molecule has 1 aromatic carbocycles. The van der Waals surface area contributed by atoms with Crippen molar-refractivity contribution in [3.05, 3.63) is 49.6 Å². The Balaban J connectivity index is 1.31. The summed E-state index contributed by atoms with van der Waals surface area (Å²) >= 11 is 0. The van der Waals surface area contributed by atoms with Crippen molar-refractivity contribution in [2.45, 2.75) is 64.2 Å². The Hall–Kier alpha value is -2.03. The number of carbonyl (C=O) groups excluding carboxylic acids is 1. The van der Waals surface area contributed by atoms with E-state index in [2.05, 4.69) is 19.2 Å². The molecule has 0 saturated heterocycles. The van der Waals surface area contributed by atoms with Gasteiger partial charge in [0.2, 0.25) is 0 Å². The van der Waals surface area contributed by atoms with Crippen molar-refractivity contribution >= 4 is 5.97 Å². The molecule has 4 rings (SSSR count). The van der Waals surface area contributed by atoms with E-state index in [-0.39, 0.29) is 11.9 Å². The van der Waals surface area contributed by atoms with Gasteiger partial charge in [-0.3, -0.25) is 4.79 Å². The maximum Gasteiger partial charge on any atom is 0.314 e. The fraction of sp³-hybridized carbons (Fsp3) is 0.607. The molecule has 4 unspecified atom stereocenters. The van der Waals surface area contributed by atoms with Gasteiger partial charge in [0, 0.05) is 0 Å². The SMILES string of the molecule is C=CCOc1ccc(OC(=O)C2CCCC3CC(C4CCC(C=C)CC4)CCC32)cc1. The summed E-state index contributed by atoms with van der Waals surface area (Å²) in [7, 11) is 0. The van der Waals surface area contributed by atoms with Crippen LogP contribution < -0.4 is 9.47 Å². The summed E-state index contributed by atoms with van der Waals surface area (Å²) in [6.07, 6.45) is 16.5. The molecule has 168 valence electrons. The average molecular weight is 423 g/mol. The first-order valence-corrected chi connectivity index (χ1v) is 12.4. The number of ether oxygens (including phenoxy) is 2. The van der Waals surface area contributed by atoms with Crippen molar-refractivity contribution in [3.63, 3.8) is 0 Å². The Morgan fingerprint density at radius 2 is 1.58 bits per heavy atom. The number of allylic oxidation sites excluding steroid dienone is 1. The standard InChI is InChI=1S/C28H38O3/c1-3-18-30-24-13-15-25(16-14-24)31-28(29)27-7-5-6-23-19-22(12-17-26(23)27)21-10-8-20(4-2)9-11-21/h3-4,13-16,20-23,26-27H,1-2,5-12,17-19H2. The van der Waals surface area contributed by atoms with Crippen LogP contribution in [0.4, 0.5) is 0 Å². The van der Waals surface area contributed by atoms with E-state index in [0.29, 0.717) is 24.2 Å². The minimum Gasteiger partial charge on any atom is -0.490 e. The third-order valence-corrected chi connectivity index (χ3v) is 8.22. The highest BCUT2D eigenvalue weighted by Gasteiger charge is 2.43. The van der Waals surface area contributed by atoms with Crippen LogP contribution >= 0.6 is 0 Å². The number of carbonyl (C=O) groups is 1. The zero-order chi connectivity index (χ0) is 21.6. The van der Waals surface area contributed by atoms with Gasteiger partial charge in [0.05, 0.1) is 5.92 Å². The molecule has 0 bridgehead atoms. The first kappa shape index (κ1) is 22.2. The van der Waals surface area contributed by atoms with E-state index in [4.69, 9.17) is 9.47 Å². The van der Waals surface area contributed by atoms with Gasteiger partial charge in [0.15, 0.2) is 0 Å². The number of rotatable bonds is 7. The lowest BCUT2D eigenvalue weighted by atomic mass is 9.59. The molecule has 1 aromatic rings. The van der Waals surface area contributed by atoms with Crippen LogP contribution in [0.2, 0.25) is 0 Å². The van der Waals surface area contributed by atoms with E-state index in [1.807, 2.05) is 24.3 Å². The second-order valence-corrected chi connectivity index (χ2v) is 9.94. The topological polar surface area (TPSA) is 35.5 Å². The first-order chi connectivity index (χ1) is 15.2. The van der Waals surface area contributed by atoms with E-state index >= 15 is 0 Å². The maximum absolute atomic E-state index is 13.1. The van der Waals surface area contributed by atoms with Gasteiger partial charge in [-0.1, -0.05) is 31.6 Å². The molecule has 0 heterocycles. The van der Waals surface area contributed by atoms with Crippen LogP contribution in [0.1, 0.15) is 64.2 Å². The van der Waals surface area contributed by atoms with Gasteiger partial charge in [0.25, 0.3) is 0 Å². The first-order valence-electron chi connectivity index (χ1n) is 12.4. The van der Waals surface area contributed by atoms with Crippen molar-refractivity contribution in [1.29, 1.82) is 0 Å². The van der Waals surface area contributed by atoms with Crippen LogP contribution in [0.5, 0.6) is 11.5 Å². The zero-order valence-electron chi connectivity index (χ0n) is 18.8. The monoisotopic (exact) mass is 422 g/mol. The van der Waals surface area contributed by atoms with Crippen LogP contribution in [0.15, 0.2) is 49.6 Å². The van der Waals surface area contributed by atoms with E-state index in [1.54, 1.807) is 6.08 Å². The molecule has 3 fully saturated rings. The Morgan fingerprint density at radius 1 is 0.871 bits per heavy atom. The Morgan fingerprint density at radius 3 is 2.29 bits per heavy atom. The maximum atomic E-state index is 13.1. The number of hydrogen-bond donors (Lipinski definition) is 0. The molecule has 0 spiro atoms. The second-order valence-electron chi connectivity index (χ2n) is 9.94. The molecule has 0 amide bonds. The highest BCUT2D eigenvalue weighted by molar-refractivity contribution is 5.75. The lowest BCUT2D eigenvalue weighted by Crippen LogP contribution is -2.40. The lowest BCUT2D eigenvalue weighted by molar-refractivity contribution is -0.144. The fourth-order valence-corrected chi connectivity index (χ4v) is 6.52. The largest absolute Gasteiger partial charge is 0.490 e. The zero-order valence-corrected chi connectivity index (χ0v) is 18.8. The third kappa shape index (κ3) is 5.42. The van der Waals surface area contributed by atoms with Crippen LogP contribution in [0.25, 0.3) is 0 Å². The molecule has 0 aromatic heterocycles. The quantitative estimate of drug-likeness (QED) is 0.270. The van der Waals surface area contributed by atoms with Crippen molar-refractivity contribution in [2.24, 2.45) is 35.5 Å². The van der Waals surface area contributed by atoms with Crippen molar-refractivity contribution in [1.82, 2.24) is 0 Å². The molecule has 3 aliphatic rings. The smallest absolute Gasteiger partial charge is 0.314 e. The minimum atomic E-state index is -0.0283. The van der Waals surface area contributed by atoms with Crippen LogP contribution in [0, 0.1) is 35.5 Å². The Bertz CT molecular complexity index is 744. The molecular weight excluding hydrogens is 384 g/mol. The van der Waals surface area contributed by atoms with Crippen LogP contribution in [-0.2, 0) is 4.79 Å². The molecule has 3 saturated carbocycles. The summed E-state index contributed by atoms with van der Waals surface area (Å²) in [5.74, 6) is 5.13. The van der Waals surface area contributed by atoms with Crippen LogP contribution in [-0.4, -0.2) is 12.6 Å². The average Bonchev–Trinajstić information content (AvgIpc) is 2.83. The fourth-order valence-electron chi connectivity index (χ4n) is 6.52. The predicted molar refractivity (Wildman–Crippen MR) is 125 cm³/mol. The summed E-state index contributed by atoms with van der Waals surface area (Å²) in [5, 5.41) is 0. The number of benzene rings is 1. The second kappa shape index (κ2) is 10.5. The van der Waals surface area contributed by atoms with Gasteiger partial charge in [-0.15, -0.1) is 6.58 Å². The molecule has 0 aliphatic heterocycles. The summed E-state index contributed by atoms with van der Waals surface area (Å²) in [6, 6.07) is 7.35. The van der Waals surface area contributed by atoms with Crippen molar-refractivity contribution < 1.29 is 14.3 Å². The van der Waals surface area contributed by atoms with Gasteiger partial charge in [-0.25, -0.2) is 0 Å². The van der Waals surface area contributed by atoms with Crippen LogP contribution in [0.3, 0.4) is 0 Å². The van der Waals surface area contributed by atoms with Gasteiger partial charge >= 0.3 is 5.97 Å². The molecule has 3 nitrogen and oxygen atoms in total. The van der Waals surface area contributed by atoms with E-state index in [9.17, 15) is 4.79 Å². The van der Waals surface area contributed by atoms with Gasteiger partial charge < -0.3 is 9.47 Å². The van der Waals surface area contributed by atoms with E-state index in [0.717, 1.165) is 36.3 Å². The van der Waals surface area contributed by atoms with Crippen molar-refractivity contribution in [3.8, 4) is 11.5 Å².